The highest BCUT2D eigenvalue weighted by atomic mass is 19.3. The number of fused-ring (bicyclic) bond motifs is 1. The van der Waals surface area contributed by atoms with Crippen molar-refractivity contribution in [2.24, 2.45) is 0 Å². The molecule has 1 amide bonds. The number of carbonyl (C=O) groups excluding carboxylic acids is 1. The predicted octanol–water partition coefficient (Wildman–Crippen LogP) is 4.44. The number of likely N-dealkylation sites (tertiary alicyclic amines) is 1. The molecule has 3 rings (SSSR count). The maximum atomic E-state index is 14.0. The highest BCUT2D eigenvalue weighted by Crippen LogP contribution is 2.41. The summed E-state index contributed by atoms with van der Waals surface area (Å²) in [4.78, 5) is 21.0. The summed E-state index contributed by atoms with van der Waals surface area (Å²) >= 11 is 0. The van der Waals surface area contributed by atoms with Gasteiger partial charge in [-0.2, -0.15) is 0 Å². The molecule has 1 fully saturated rings. The van der Waals surface area contributed by atoms with E-state index in [1.54, 1.807) is 20.8 Å². The number of benzene rings is 1. The Balaban J connectivity index is 1.93. The Labute approximate surface area is 145 Å². The largest absolute Gasteiger partial charge is 0.444 e. The summed E-state index contributed by atoms with van der Waals surface area (Å²) in [5, 5.41) is 0. The van der Waals surface area contributed by atoms with Gasteiger partial charge in [-0.3, -0.25) is 4.90 Å². The predicted molar refractivity (Wildman–Crippen MR) is 90.7 cm³/mol. The number of hydrogen-bond acceptors (Lipinski definition) is 3. The van der Waals surface area contributed by atoms with Crippen molar-refractivity contribution in [3.8, 4) is 0 Å². The molecular formula is C18H23F2N3O2. The Kier molecular flexibility index (Phi) is 4.21. The Morgan fingerprint density at radius 2 is 2.16 bits per heavy atom. The zero-order valence-electron chi connectivity index (χ0n) is 14.9. The van der Waals surface area contributed by atoms with Crippen LogP contribution in [0.5, 0.6) is 0 Å². The van der Waals surface area contributed by atoms with E-state index in [0.29, 0.717) is 11.3 Å². The number of ether oxygens (including phenoxy) is 1. The molecule has 25 heavy (non-hydrogen) atoms. The molecule has 5 nitrogen and oxygen atoms in total. The fourth-order valence-electron chi connectivity index (χ4n) is 3.03. The minimum atomic E-state index is -2.96. The van der Waals surface area contributed by atoms with Crippen LogP contribution >= 0.6 is 0 Å². The zero-order valence-corrected chi connectivity index (χ0v) is 14.9. The lowest BCUT2D eigenvalue weighted by atomic mass is 10.1. The molecule has 1 N–H and O–H groups in total. The van der Waals surface area contributed by atoms with Crippen molar-refractivity contribution >= 4 is 17.1 Å². The average molecular weight is 351 g/mol. The Bertz CT molecular complexity index is 795. The fourth-order valence-corrected chi connectivity index (χ4v) is 3.03. The number of aromatic nitrogens is 2. The molecule has 1 aliphatic rings. The lowest BCUT2D eigenvalue weighted by Gasteiger charge is -2.27. The van der Waals surface area contributed by atoms with Gasteiger partial charge in [0.2, 0.25) is 0 Å². The number of aromatic amines is 1. The van der Waals surface area contributed by atoms with Crippen molar-refractivity contribution in [1.29, 1.82) is 0 Å². The van der Waals surface area contributed by atoms with Crippen LogP contribution in [0.1, 0.15) is 51.5 Å². The number of aryl methyl sites for hydroxylation is 1. The summed E-state index contributed by atoms with van der Waals surface area (Å²) in [5.74, 6) is -2.60. The first-order valence-electron chi connectivity index (χ1n) is 8.44. The van der Waals surface area contributed by atoms with Gasteiger partial charge in [0, 0.05) is 6.42 Å². The van der Waals surface area contributed by atoms with E-state index in [1.807, 2.05) is 25.1 Å². The number of H-pyrrole nitrogens is 1. The number of imidazole rings is 1. The summed E-state index contributed by atoms with van der Waals surface area (Å²) in [5.41, 5.74) is 1.87. The smallest absolute Gasteiger partial charge is 0.411 e. The first-order chi connectivity index (χ1) is 11.6. The number of hydrogen-bond donors (Lipinski definition) is 1. The van der Waals surface area contributed by atoms with Gasteiger partial charge in [0.05, 0.1) is 23.6 Å². The van der Waals surface area contributed by atoms with Gasteiger partial charge in [-0.05, 0) is 44.9 Å². The number of carbonyl (C=O) groups is 1. The molecule has 0 radical (unpaired) electrons. The summed E-state index contributed by atoms with van der Waals surface area (Å²) in [6.45, 7) is 6.51. The molecule has 7 heteroatoms. The van der Waals surface area contributed by atoms with E-state index in [1.165, 1.54) is 0 Å². The number of alkyl halides is 2. The molecule has 2 heterocycles. The van der Waals surface area contributed by atoms with Crippen LogP contribution in [0.2, 0.25) is 0 Å². The van der Waals surface area contributed by atoms with Crippen LogP contribution in [-0.2, 0) is 11.2 Å². The first kappa shape index (κ1) is 17.6. The Hall–Kier alpha value is -2.18. The second-order valence-corrected chi connectivity index (χ2v) is 7.51. The Morgan fingerprint density at radius 1 is 1.44 bits per heavy atom. The SMILES string of the molecule is CCc1ccc2nc(C3CC(F)(F)CN3C(=O)OC(C)(C)C)[nH]c2c1. The molecule has 1 atom stereocenters. The van der Waals surface area contributed by atoms with Crippen LogP contribution in [0.15, 0.2) is 18.2 Å². The van der Waals surface area contributed by atoms with Crippen molar-refractivity contribution in [3.63, 3.8) is 0 Å². The highest BCUT2D eigenvalue weighted by molar-refractivity contribution is 5.76. The van der Waals surface area contributed by atoms with E-state index >= 15 is 0 Å². The first-order valence-corrected chi connectivity index (χ1v) is 8.44. The molecule has 2 aromatic rings. The normalized spacial score (nSPS) is 20.2. The minimum Gasteiger partial charge on any atom is -0.444 e. The monoisotopic (exact) mass is 351 g/mol. The van der Waals surface area contributed by atoms with Crippen molar-refractivity contribution in [2.45, 2.75) is 58.1 Å². The van der Waals surface area contributed by atoms with E-state index in [9.17, 15) is 13.6 Å². The van der Waals surface area contributed by atoms with Gasteiger partial charge in [0.15, 0.2) is 0 Å². The quantitative estimate of drug-likeness (QED) is 0.870. The summed E-state index contributed by atoms with van der Waals surface area (Å²) < 4.78 is 33.3. The number of rotatable bonds is 2. The second kappa shape index (κ2) is 5.97. The zero-order chi connectivity index (χ0) is 18.4. The van der Waals surface area contributed by atoms with Gasteiger partial charge in [0.1, 0.15) is 11.4 Å². The van der Waals surface area contributed by atoms with Gasteiger partial charge >= 0.3 is 6.09 Å². The van der Waals surface area contributed by atoms with Gasteiger partial charge in [-0.25, -0.2) is 18.6 Å². The molecule has 0 aliphatic carbocycles. The van der Waals surface area contributed by atoms with Crippen molar-refractivity contribution in [2.75, 3.05) is 6.54 Å². The fraction of sp³-hybridized carbons (Fsp3) is 0.556. The number of amides is 1. The lowest BCUT2D eigenvalue weighted by molar-refractivity contribution is -0.00248. The third-order valence-electron chi connectivity index (χ3n) is 4.19. The van der Waals surface area contributed by atoms with Gasteiger partial charge in [0.25, 0.3) is 5.92 Å². The van der Waals surface area contributed by atoms with E-state index in [0.717, 1.165) is 22.4 Å². The van der Waals surface area contributed by atoms with Crippen LogP contribution in [0.4, 0.5) is 13.6 Å². The molecule has 136 valence electrons. The summed E-state index contributed by atoms with van der Waals surface area (Å²) in [6, 6.07) is 4.94. The number of halogens is 2. The van der Waals surface area contributed by atoms with Crippen LogP contribution in [-0.4, -0.2) is 39.0 Å². The summed E-state index contributed by atoms with van der Waals surface area (Å²) in [6.07, 6.45) is -0.341. The van der Waals surface area contributed by atoms with Crippen molar-refractivity contribution < 1.29 is 18.3 Å². The molecule has 1 saturated heterocycles. The maximum Gasteiger partial charge on any atom is 0.411 e. The van der Waals surface area contributed by atoms with Crippen LogP contribution in [0, 0.1) is 0 Å². The third kappa shape index (κ3) is 3.75. The molecule has 1 aliphatic heterocycles. The van der Waals surface area contributed by atoms with Gasteiger partial charge in [-0.1, -0.05) is 13.0 Å². The molecule has 0 saturated carbocycles. The second-order valence-electron chi connectivity index (χ2n) is 7.51. The average Bonchev–Trinajstić information content (AvgIpc) is 3.04. The molecule has 0 spiro atoms. The van der Waals surface area contributed by atoms with Gasteiger partial charge < -0.3 is 9.72 Å². The van der Waals surface area contributed by atoms with E-state index < -0.39 is 36.6 Å². The van der Waals surface area contributed by atoms with E-state index in [-0.39, 0.29) is 0 Å². The van der Waals surface area contributed by atoms with Crippen LogP contribution in [0.3, 0.4) is 0 Å². The Morgan fingerprint density at radius 3 is 2.80 bits per heavy atom. The van der Waals surface area contributed by atoms with Crippen molar-refractivity contribution in [3.05, 3.63) is 29.6 Å². The third-order valence-corrected chi connectivity index (χ3v) is 4.19. The van der Waals surface area contributed by atoms with Gasteiger partial charge in [-0.15, -0.1) is 0 Å². The molecule has 1 aromatic carbocycles. The minimum absolute atomic E-state index is 0.367. The molecule has 1 aromatic heterocycles. The standard InChI is InChI=1S/C18H23F2N3O2/c1-5-11-6-7-12-13(8-11)22-15(21-12)14-9-18(19,20)10-23(14)16(24)25-17(2,3)4/h6-8,14H,5,9-10H2,1-4H3,(H,21,22). The molecule has 0 bridgehead atoms. The van der Waals surface area contributed by atoms with Crippen LogP contribution < -0.4 is 0 Å². The topological polar surface area (TPSA) is 58.2 Å². The maximum absolute atomic E-state index is 14.0. The van der Waals surface area contributed by atoms with E-state index in [2.05, 4.69) is 9.97 Å². The van der Waals surface area contributed by atoms with Crippen LogP contribution in [0.25, 0.3) is 11.0 Å². The lowest BCUT2D eigenvalue weighted by Crippen LogP contribution is -2.38. The molecule has 1 unspecified atom stereocenters. The highest BCUT2D eigenvalue weighted by Gasteiger charge is 2.50. The number of nitrogens with one attached hydrogen (secondary N) is 1. The van der Waals surface area contributed by atoms with E-state index in [4.69, 9.17) is 4.74 Å². The van der Waals surface area contributed by atoms with Crippen molar-refractivity contribution in [1.82, 2.24) is 14.9 Å². The number of nitrogens with zero attached hydrogens (tertiary/aromatic N) is 2. The molecular weight excluding hydrogens is 328 g/mol. The summed E-state index contributed by atoms with van der Waals surface area (Å²) in [7, 11) is 0.